The second kappa shape index (κ2) is 14.8. The fraction of sp³-hybridized carbons (Fsp3) is 0.517. The SMILES string of the molecule is CO[C@H]1C=CC=C(C)C(=O)NC2=CC(=O)C(CO)=C(C[C@@H](C)C[C@H](OC)[C@H](O)[C@@H](C)C=C(C)[C@@H]1OC(N)=O)C2=O. The monoisotopic (exact) mass is 560 g/mol. The highest BCUT2D eigenvalue weighted by atomic mass is 16.6. The molecule has 1 heterocycles. The Morgan fingerprint density at radius 2 is 1.82 bits per heavy atom. The van der Waals surface area contributed by atoms with Gasteiger partial charge >= 0.3 is 6.09 Å². The molecule has 1 aliphatic heterocycles. The van der Waals surface area contributed by atoms with Gasteiger partial charge in [0.25, 0.3) is 5.91 Å². The Bertz CT molecular complexity index is 1150. The number of nitrogens with one attached hydrogen (secondary N) is 1. The van der Waals surface area contributed by atoms with E-state index in [9.17, 15) is 29.4 Å². The number of aliphatic hydroxyl groups is 2. The minimum absolute atomic E-state index is 0.0246. The maximum absolute atomic E-state index is 13.3. The number of methoxy groups -OCH3 is 2. The lowest BCUT2D eigenvalue weighted by atomic mass is 9.83. The molecule has 5 N–H and O–H groups in total. The van der Waals surface area contributed by atoms with Crippen molar-refractivity contribution in [2.75, 3.05) is 20.8 Å². The van der Waals surface area contributed by atoms with Crippen molar-refractivity contribution in [3.63, 3.8) is 0 Å². The van der Waals surface area contributed by atoms with Crippen LogP contribution >= 0.6 is 0 Å². The van der Waals surface area contributed by atoms with Crippen molar-refractivity contribution < 1.29 is 43.6 Å². The Morgan fingerprint density at radius 3 is 2.40 bits per heavy atom. The third-order valence-corrected chi connectivity index (χ3v) is 7.07. The minimum atomic E-state index is -1.01. The molecular weight excluding hydrogens is 520 g/mol. The molecule has 11 nitrogen and oxygen atoms in total. The van der Waals surface area contributed by atoms with E-state index in [1.54, 1.807) is 26.0 Å². The summed E-state index contributed by atoms with van der Waals surface area (Å²) in [6.07, 6.45) is 3.40. The van der Waals surface area contributed by atoms with Crippen molar-refractivity contribution in [2.24, 2.45) is 17.6 Å². The lowest BCUT2D eigenvalue weighted by molar-refractivity contribution is -0.120. The van der Waals surface area contributed by atoms with Crippen LogP contribution in [0.2, 0.25) is 0 Å². The van der Waals surface area contributed by atoms with E-state index < -0.39 is 60.5 Å². The van der Waals surface area contributed by atoms with Crippen molar-refractivity contribution in [3.8, 4) is 0 Å². The number of carbonyl (C=O) groups is 4. The van der Waals surface area contributed by atoms with E-state index >= 15 is 0 Å². The van der Waals surface area contributed by atoms with Crippen molar-refractivity contribution in [1.82, 2.24) is 5.32 Å². The summed E-state index contributed by atoms with van der Waals surface area (Å²) in [6.45, 7) is 6.23. The minimum Gasteiger partial charge on any atom is -0.439 e. The fourth-order valence-corrected chi connectivity index (χ4v) is 4.82. The molecule has 0 aromatic rings. The molecule has 6 atom stereocenters. The second-order valence-corrected chi connectivity index (χ2v) is 10.2. The van der Waals surface area contributed by atoms with E-state index in [1.807, 2.05) is 6.92 Å². The molecular formula is C29H40N2O9. The number of aliphatic hydroxyl groups excluding tert-OH is 2. The average Bonchev–Trinajstić information content (AvgIpc) is 2.90. The van der Waals surface area contributed by atoms with Gasteiger partial charge in [0.15, 0.2) is 11.9 Å². The summed E-state index contributed by atoms with van der Waals surface area (Å²) in [5.74, 6) is -2.44. The largest absolute Gasteiger partial charge is 0.439 e. The summed E-state index contributed by atoms with van der Waals surface area (Å²) < 4.78 is 16.4. The zero-order valence-electron chi connectivity index (χ0n) is 23.8. The highest BCUT2D eigenvalue weighted by Gasteiger charge is 2.33. The predicted molar refractivity (Wildman–Crippen MR) is 147 cm³/mol. The van der Waals surface area contributed by atoms with Crippen LogP contribution in [0.3, 0.4) is 0 Å². The number of ether oxygens (including phenoxy) is 3. The summed E-state index contributed by atoms with van der Waals surface area (Å²) in [5, 5.41) is 23.5. The summed E-state index contributed by atoms with van der Waals surface area (Å²) in [5.41, 5.74) is 6.00. The van der Waals surface area contributed by atoms with Gasteiger partial charge in [0.05, 0.1) is 24.5 Å². The maximum Gasteiger partial charge on any atom is 0.405 e. The first-order valence-electron chi connectivity index (χ1n) is 13.0. The third-order valence-electron chi connectivity index (χ3n) is 7.07. The van der Waals surface area contributed by atoms with Crippen LogP contribution in [-0.2, 0) is 28.6 Å². The van der Waals surface area contributed by atoms with Crippen molar-refractivity contribution in [2.45, 2.75) is 65.0 Å². The number of hydrogen-bond donors (Lipinski definition) is 4. The third kappa shape index (κ3) is 8.31. The summed E-state index contributed by atoms with van der Waals surface area (Å²) in [6, 6.07) is 0. The van der Waals surface area contributed by atoms with Crippen LogP contribution in [0.5, 0.6) is 0 Å². The number of carbonyl (C=O) groups excluding carboxylic acids is 4. The number of primary amides is 1. The van der Waals surface area contributed by atoms with Crippen LogP contribution in [0.1, 0.15) is 40.5 Å². The first-order valence-corrected chi connectivity index (χ1v) is 13.0. The lowest BCUT2D eigenvalue weighted by Gasteiger charge is -2.30. The quantitative estimate of drug-likeness (QED) is 0.295. The summed E-state index contributed by atoms with van der Waals surface area (Å²) in [4.78, 5) is 50.5. The Hall–Kier alpha value is -3.38. The topological polar surface area (TPSA) is 174 Å². The van der Waals surface area contributed by atoms with Crippen molar-refractivity contribution in [3.05, 3.63) is 58.4 Å². The predicted octanol–water partition coefficient (Wildman–Crippen LogP) is 1.80. The molecule has 0 unspecified atom stereocenters. The van der Waals surface area contributed by atoms with Gasteiger partial charge in [0.2, 0.25) is 5.78 Å². The number of amides is 2. The van der Waals surface area contributed by atoms with Crippen LogP contribution in [0.25, 0.3) is 0 Å². The van der Waals surface area contributed by atoms with E-state index in [-0.39, 0.29) is 34.8 Å². The van der Waals surface area contributed by atoms with E-state index in [0.29, 0.717) is 12.0 Å². The number of Topliss-reactive ketones (excluding diaryl/α,β-unsaturated/α-hetero) is 1. The van der Waals surface area contributed by atoms with E-state index in [2.05, 4.69) is 5.32 Å². The number of nitrogens with two attached hydrogens (primary N) is 1. The molecule has 11 heteroatoms. The molecule has 220 valence electrons. The molecule has 0 saturated heterocycles. The highest BCUT2D eigenvalue weighted by Crippen LogP contribution is 2.29. The van der Waals surface area contributed by atoms with E-state index in [0.717, 1.165) is 6.08 Å². The number of ketones is 2. The average molecular weight is 561 g/mol. The Morgan fingerprint density at radius 1 is 1.15 bits per heavy atom. The number of rotatable bonds is 4. The van der Waals surface area contributed by atoms with Gasteiger partial charge in [-0.2, -0.15) is 0 Å². The fourth-order valence-electron chi connectivity index (χ4n) is 4.82. The highest BCUT2D eigenvalue weighted by molar-refractivity contribution is 6.23. The van der Waals surface area contributed by atoms with Crippen LogP contribution in [0.15, 0.2) is 58.4 Å². The van der Waals surface area contributed by atoms with Crippen molar-refractivity contribution in [1.29, 1.82) is 0 Å². The van der Waals surface area contributed by atoms with Crippen LogP contribution in [-0.4, -0.2) is 79.0 Å². The number of fused-ring (bicyclic) bond motifs is 2. The van der Waals surface area contributed by atoms with E-state index in [1.165, 1.54) is 33.3 Å². The van der Waals surface area contributed by atoms with Crippen LogP contribution in [0, 0.1) is 11.8 Å². The molecule has 2 bridgehead atoms. The van der Waals surface area contributed by atoms with Crippen LogP contribution < -0.4 is 11.1 Å². The molecule has 0 radical (unpaired) electrons. The molecule has 40 heavy (non-hydrogen) atoms. The number of hydrogen-bond acceptors (Lipinski definition) is 9. The van der Waals surface area contributed by atoms with Gasteiger partial charge in [-0.05, 0) is 38.2 Å². The Kier molecular flexibility index (Phi) is 12.2. The maximum atomic E-state index is 13.3. The lowest BCUT2D eigenvalue weighted by Crippen LogP contribution is -2.37. The van der Waals surface area contributed by atoms with Crippen molar-refractivity contribution >= 4 is 23.6 Å². The first-order chi connectivity index (χ1) is 18.8. The van der Waals surface area contributed by atoms with Gasteiger partial charge in [-0.3, -0.25) is 14.4 Å². The zero-order valence-corrected chi connectivity index (χ0v) is 23.8. The standard InChI is InChI=1S/C29H40N2O9/c1-15-10-19-20(14-32)22(33)13-21(26(19)35)31-28(36)16(2)8-7-9-23(38-5)27(40-29(30)37)18(4)12-17(3)25(34)24(11-15)39-6/h7-9,12-13,15,17,23-25,27,32,34H,10-11,14H2,1-6H3,(H2,30,37)(H,31,36)/t15-,17+,23+,24+,25-,27+/m1/s1. The zero-order chi connectivity index (χ0) is 30.1. The molecule has 0 saturated carbocycles. The van der Waals surface area contributed by atoms with Gasteiger partial charge in [-0.1, -0.05) is 38.2 Å². The number of allylic oxidation sites excluding steroid dienone is 4. The first kappa shape index (κ1) is 32.8. The molecule has 0 fully saturated rings. The molecule has 1 aliphatic carbocycles. The normalized spacial score (nSPS) is 29.4. The molecule has 0 aromatic carbocycles. The van der Waals surface area contributed by atoms with Gasteiger partial charge in [-0.15, -0.1) is 0 Å². The van der Waals surface area contributed by atoms with E-state index in [4.69, 9.17) is 19.9 Å². The van der Waals surface area contributed by atoms with Gasteiger partial charge in [0.1, 0.15) is 6.10 Å². The molecule has 0 aromatic heterocycles. The molecule has 2 amide bonds. The Balaban J connectivity index is 2.60. The van der Waals surface area contributed by atoms with Gasteiger partial charge in [0, 0.05) is 42.9 Å². The van der Waals surface area contributed by atoms with Gasteiger partial charge < -0.3 is 35.5 Å². The second-order valence-electron chi connectivity index (χ2n) is 10.2. The smallest absolute Gasteiger partial charge is 0.405 e. The summed E-state index contributed by atoms with van der Waals surface area (Å²) in [7, 11) is 2.88. The Labute approximate surface area is 234 Å². The molecule has 0 spiro atoms. The molecule has 2 rings (SSSR count). The summed E-state index contributed by atoms with van der Waals surface area (Å²) >= 11 is 0. The van der Waals surface area contributed by atoms with Crippen LogP contribution in [0.4, 0.5) is 4.79 Å². The molecule has 2 aliphatic rings. The van der Waals surface area contributed by atoms with Gasteiger partial charge in [-0.25, -0.2) is 4.79 Å².